The van der Waals surface area contributed by atoms with Crippen molar-refractivity contribution in [3.05, 3.63) is 35.9 Å². The van der Waals surface area contributed by atoms with Gasteiger partial charge in [-0.2, -0.15) is 0 Å². The van der Waals surface area contributed by atoms with Crippen LogP contribution in [-0.2, 0) is 62.3 Å². The van der Waals surface area contributed by atoms with Gasteiger partial charge < -0.3 is 101 Å². The van der Waals surface area contributed by atoms with Gasteiger partial charge >= 0.3 is 5.97 Å². The Balaban J connectivity index is 2.40. The minimum Gasteiger partial charge on any atom is -0.453 e. The summed E-state index contributed by atoms with van der Waals surface area (Å²) in [6.45, 7) is 12.4. The highest BCUT2D eigenvalue weighted by Crippen LogP contribution is 2.25. The van der Waals surface area contributed by atoms with E-state index in [9.17, 15) is 73.2 Å². The monoisotopic (exact) mass is 1270 g/mol. The number of ether oxygens (including phenoxy) is 1. The number of nitrogens with two attached hydrogens (primary N) is 3. The maximum absolute atomic E-state index is 15.4. The summed E-state index contributed by atoms with van der Waals surface area (Å²) >= 11 is 0. The molecule has 15 atom stereocenters. The van der Waals surface area contributed by atoms with Gasteiger partial charge in [0.15, 0.2) is 24.2 Å². The zero-order valence-corrected chi connectivity index (χ0v) is 52.5. The number of benzene rings is 1. The fourth-order valence-corrected chi connectivity index (χ4v) is 9.70. The normalized spacial score (nSPS) is 26.1. The van der Waals surface area contributed by atoms with E-state index < -0.39 is 181 Å². The van der Waals surface area contributed by atoms with Crippen molar-refractivity contribution in [2.45, 2.75) is 199 Å². The first-order valence-electron chi connectivity index (χ1n) is 30.3. The summed E-state index contributed by atoms with van der Waals surface area (Å²) < 4.78 is 5.94. The number of nitrogens with zero attached hydrogens (tertiary/aromatic N) is 1. The fraction of sp³-hybridized carbons (Fsp3) is 0.672. The topological polar surface area (TPSA) is 518 Å². The van der Waals surface area contributed by atoms with Gasteiger partial charge in [0, 0.05) is 6.54 Å². The zero-order chi connectivity index (χ0) is 67.7. The third-order valence-electron chi connectivity index (χ3n) is 15.0. The van der Waals surface area contributed by atoms with E-state index in [4.69, 9.17) is 21.9 Å². The number of guanidine groups is 1. The molecular weight excluding hydrogens is 1180 g/mol. The third kappa shape index (κ3) is 24.0. The second-order valence-corrected chi connectivity index (χ2v) is 23.8. The van der Waals surface area contributed by atoms with Crippen LogP contribution in [0.5, 0.6) is 0 Å². The molecule has 1 aromatic carbocycles. The largest absolute Gasteiger partial charge is 0.453 e. The fourth-order valence-electron chi connectivity index (χ4n) is 9.70. The minimum absolute atomic E-state index is 0.0143. The molecule has 32 nitrogen and oxygen atoms in total. The molecule has 2 saturated heterocycles. The average molecular weight is 1270 g/mol. The molecule has 3 rings (SSSR count). The summed E-state index contributed by atoms with van der Waals surface area (Å²) in [4.78, 5) is 174. The van der Waals surface area contributed by atoms with Gasteiger partial charge in [0.25, 0.3) is 0 Å². The lowest BCUT2D eigenvalue weighted by Gasteiger charge is -2.34. The number of primary amides is 1. The van der Waals surface area contributed by atoms with Crippen molar-refractivity contribution in [3.8, 4) is 0 Å². The number of rotatable bonds is 21. The average Bonchev–Trinajstić information content (AvgIpc) is 1.24. The molecule has 2 unspecified atom stereocenters. The van der Waals surface area contributed by atoms with E-state index in [0.717, 1.165) is 13.3 Å². The molecular formula is C58H95N15O17. The van der Waals surface area contributed by atoms with Crippen LogP contribution in [0.2, 0.25) is 0 Å². The Kier molecular flexibility index (Phi) is 31.5. The number of aliphatic imine (C=N–C) groups is 1. The predicted octanol–water partition coefficient (Wildman–Crippen LogP) is -5.67. The molecule has 504 valence electrons. The summed E-state index contributed by atoms with van der Waals surface area (Å²) in [5.41, 5.74) is 16.4. The first kappa shape index (κ1) is 76.2. The number of amides is 11. The van der Waals surface area contributed by atoms with Crippen molar-refractivity contribution < 1.29 is 82.7 Å². The highest BCUT2D eigenvalue weighted by atomic mass is 16.5. The molecule has 0 saturated carbocycles. The molecule has 21 N–H and O–H groups in total. The Hall–Kier alpha value is -8.07. The summed E-state index contributed by atoms with van der Waals surface area (Å²) in [6.07, 6.45) is -6.16. The van der Waals surface area contributed by atoms with Crippen molar-refractivity contribution in [3.63, 3.8) is 0 Å². The molecule has 90 heavy (non-hydrogen) atoms. The molecule has 0 bridgehead atoms. The molecule has 32 heteroatoms. The van der Waals surface area contributed by atoms with Gasteiger partial charge in [-0.05, 0) is 81.2 Å². The highest BCUT2D eigenvalue weighted by Gasteiger charge is 2.44. The lowest BCUT2D eigenvalue weighted by molar-refractivity contribution is -0.159. The number of nitrogens with one attached hydrogen (secondary N) is 11. The van der Waals surface area contributed by atoms with Crippen molar-refractivity contribution in [2.75, 3.05) is 26.2 Å². The van der Waals surface area contributed by atoms with Gasteiger partial charge in [-0.3, -0.25) is 57.7 Å². The predicted molar refractivity (Wildman–Crippen MR) is 324 cm³/mol. The van der Waals surface area contributed by atoms with Gasteiger partial charge in [0.2, 0.25) is 65.0 Å². The number of carbonyl (C=O) groups excluding carboxylic acids is 12. The molecule has 0 spiro atoms. The highest BCUT2D eigenvalue weighted by molar-refractivity contribution is 6.00. The molecule has 2 aliphatic rings. The van der Waals surface area contributed by atoms with E-state index >= 15 is 4.79 Å². The van der Waals surface area contributed by atoms with Crippen LogP contribution in [-0.4, -0.2) is 202 Å². The maximum Gasteiger partial charge on any atom is 0.331 e. The SMILES string of the molecule is CC[C@H](C)C1NC(=O)[C@@H](CCCN=C(N)N)NC(=O)[C@H](CC(C)C)NC(=O)[C@H]([C@H](O)C(C)C)NC(=O)[C@@H](NC(=O)[C@H](CC(C)C)NC(=O)[C@@H]2CCCCN2)[C@@H](c2ccccc2)OC(=O)[C@H](CO)NC(=O)[C@H]([C@H](O)C(N)=O)NC(=O)CNC(=O)C([C@H](C)O)NC1=O. The lowest BCUT2D eigenvalue weighted by atomic mass is 9.95. The van der Waals surface area contributed by atoms with Crippen LogP contribution >= 0.6 is 0 Å². The van der Waals surface area contributed by atoms with Crippen LogP contribution < -0.4 is 75.7 Å². The van der Waals surface area contributed by atoms with Crippen molar-refractivity contribution in [1.29, 1.82) is 0 Å². The molecule has 0 radical (unpaired) electrons. The quantitative estimate of drug-likeness (QED) is 0.0236. The second kappa shape index (κ2) is 37.2. The first-order valence-corrected chi connectivity index (χ1v) is 30.3. The van der Waals surface area contributed by atoms with Crippen LogP contribution in [0, 0.1) is 23.7 Å². The summed E-state index contributed by atoms with van der Waals surface area (Å²) in [7, 11) is 0. The number of carbonyl (C=O) groups is 12. The van der Waals surface area contributed by atoms with Crippen molar-refractivity contribution in [2.24, 2.45) is 45.9 Å². The maximum atomic E-state index is 15.4. The van der Waals surface area contributed by atoms with Gasteiger partial charge in [-0.25, -0.2) is 4.79 Å². The molecule has 0 aliphatic carbocycles. The van der Waals surface area contributed by atoms with E-state index in [-0.39, 0.29) is 62.0 Å². The van der Waals surface area contributed by atoms with Crippen LogP contribution in [0.3, 0.4) is 0 Å². The molecule has 2 aliphatic heterocycles. The zero-order valence-electron chi connectivity index (χ0n) is 52.5. The van der Waals surface area contributed by atoms with Crippen molar-refractivity contribution in [1.82, 2.24) is 58.5 Å². The van der Waals surface area contributed by atoms with Crippen LogP contribution in [0.15, 0.2) is 35.3 Å². The standard InChI is InChI=1S/C58H95N15O17/c1-10-30(8)39-53(85)71-40(31(9)75)52(84)64-25-38(76)69-42(45(78)47(59)79)55(87)68-37(26-74)57(89)90-46(32-17-12-11-13-18-32)43(73-51(83)36(24-28(4)5)66-48(80)33-19-14-15-21-62-33)56(88)72-41(44(77)29(6)7)54(86)67-35(23-27(2)3)50(82)65-34(49(81)70-39)20-16-22-63-58(60)61/h11-13,17-18,27-31,33-37,39-46,62,74-75,77-78H,10,14-16,19-26H2,1-9H3,(H2,59,79)(H,64,84)(H,65,82)(H,66,80)(H,67,86)(H,68,87)(H,69,76)(H,70,81)(H,71,85)(H,72,88)(H,73,83)(H4,60,61,63)/t30-,31-,33-,34+,35-,36-,37-,39?,40?,41-,42-,43-,44+,45-,46+/m0/s1. The van der Waals surface area contributed by atoms with Gasteiger partial charge in [-0.15, -0.1) is 0 Å². The third-order valence-corrected chi connectivity index (χ3v) is 15.0. The van der Waals surface area contributed by atoms with Gasteiger partial charge in [0.1, 0.15) is 48.3 Å². The number of esters is 1. The second-order valence-electron chi connectivity index (χ2n) is 23.8. The number of hydrogen-bond donors (Lipinski definition) is 18. The summed E-state index contributed by atoms with van der Waals surface area (Å²) in [5.74, 6) is -16.7. The van der Waals surface area contributed by atoms with Crippen LogP contribution in [0.4, 0.5) is 0 Å². The summed E-state index contributed by atoms with van der Waals surface area (Å²) in [5, 5.41) is 71.4. The molecule has 0 aromatic heterocycles. The Morgan fingerprint density at radius 1 is 0.689 bits per heavy atom. The molecule has 2 fully saturated rings. The minimum atomic E-state index is -2.57. The molecule has 1 aromatic rings. The Morgan fingerprint density at radius 3 is 1.83 bits per heavy atom. The van der Waals surface area contributed by atoms with E-state index in [2.05, 4.69) is 52.8 Å². The number of piperidine rings is 1. The lowest BCUT2D eigenvalue weighted by Crippen LogP contribution is -2.64. The Labute approximate surface area is 523 Å². The van der Waals surface area contributed by atoms with Gasteiger partial charge in [0.05, 0.1) is 31.4 Å². The Morgan fingerprint density at radius 2 is 1.28 bits per heavy atom. The van der Waals surface area contributed by atoms with Crippen molar-refractivity contribution >= 4 is 76.9 Å². The number of hydrogen-bond acceptors (Lipinski definition) is 19. The first-order chi connectivity index (χ1) is 42.3. The number of cyclic esters (lactones) is 1. The van der Waals surface area contributed by atoms with E-state index in [1.54, 1.807) is 41.5 Å². The Bertz CT molecular complexity index is 2650. The van der Waals surface area contributed by atoms with E-state index in [1.807, 2.05) is 10.6 Å². The smallest absolute Gasteiger partial charge is 0.331 e. The number of aliphatic hydroxyl groups excluding tert-OH is 4. The van der Waals surface area contributed by atoms with E-state index in [0.29, 0.717) is 19.4 Å². The summed E-state index contributed by atoms with van der Waals surface area (Å²) in [6, 6.07) is -10.1. The van der Waals surface area contributed by atoms with Crippen LogP contribution in [0.25, 0.3) is 0 Å². The van der Waals surface area contributed by atoms with Crippen LogP contribution in [0.1, 0.15) is 125 Å². The number of aliphatic hydroxyl groups is 4. The van der Waals surface area contributed by atoms with E-state index in [1.165, 1.54) is 44.2 Å². The molecule has 2 heterocycles. The van der Waals surface area contributed by atoms with Gasteiger partial charge in [-0.1, -0.05) is 98.6 Å². The molecule has 11 amide bonds.